The maximum absolute atomic E-state index is 12.1. The lowest BCUT2D eigenvalue weighted by atomic mass is 10.1. The van der Waals surface area contributed by atoms with Crippen LogP contribution in [0.3, 0.4) is 0 Å². The van der Waals surface area contributed by atoms with Crippen LogP contribution in [-0.2, 0) is 0 Å². The van der Waals surface area contributed by atoms with Gasteiger partial charge in [0.1, 0.15) is 0 Å². The van der Waals surface area contributed by atoms with Gasteiger partial charge in [-0.25, -0.2) is 0 Å². The first-order valence-electron chi connectivity index (χ1n) is 5.89. The van der Waals surface area contributed by atoms with E-state index in [0.717, 1.165) is 18.4 Å². The topological polar surface area (TPSA) is 55.1 Å². The lowest BCUT2D eigenvalue weighted by molar-refractivity contribution is 0.0933. The highest BCUT2D eigenvalue weighted by Crippen LogP contribution is 2.32. The zero-order valence-electron chi connectivity index (χ0n) is 9.87. The molecule has 3 N–H and O–H groups in total. The van der Waals surface area contributed by atoms with Crippen molar-refractivity contribution in [1.82, 2.24) is 5.32 Å². The van der Waals surface area contributed by atoms with E-state index in [4.69, 9.17) is 17.3 Å². The molecule has 1 aliphatic rings. The van der Waals surface area contributed by atoms with Crippen LogP contribution in [0, 0.1) is 12.8 Å². The highest BCUT2D eigenvalue weighted by atomic mass is 35.5. The summed E-state index contributed by atoms with van der Waals surface area (Å²) in [6, 6.07) is 5.55. The minimum Gasteiger partial charge on any atom is -0.348 e. The Labute approximate surface area is 106 Å². The van der Waals surface area contributed by atoms with Crippen LogP contribution in [0.1, 0.15) is 28.8 Å². The van der Waals surface area contributed by atoms with Gasteiger partial charge in [-0.05, 0) is 37.3 Å². The standard InChI is InChI=1S/C13H17ClN2O/c1-8-3-2-4-10(12(8)14)13(17)16-11(7-15)9-5-6-9/h2-4,9,11H,5-7,15H2,1H3,(H,16,17). The molecule has 0 spiro atoms. The van der Waals surface area contributed by atoms with Gasteiger partial charge in [0.05, 0.1) is 10.6 Å². The van der Waals surface area contributed by atoms with Gasteiger partial charge in [-0.3, -0.25) is 4.79 Å². The SMILES string of the molecule is Cc1cccc(C(=O)NC(CN)C2CC2)c1Cl. The molecule has 0 aromatic heterocycles. The number of rotatable bonds is 4. The second-order valence-corrected chi connectivity index (χ2v) is 4.97. The Morgan fingerprint density at radius 2 is 2.29 bits per heavy atom. The highest BCUT2D eigenvalue weighted by Gasteiger charge is 2.31. The molecule has 1 unspecified atom stereocenters. The van der Waals surface area contributed by atoms with Gasteiger partial charge in [0, 0.05) is 12.6 Å². The molecule has 0 heterocycles. The quantitative estimate of drug-likeness (QED) is 0.863. The fourth-order valence-electron chi connectivity index (χ4n) is 1.94. The second-order valence-electron chi connectivity index (χ2n) is 4.59. The van der Waals surface area contributed by atoms with E-state index in [1.54, 1.807) is 6.07 Å². The van der Waals surface area contributed by atoms with Crippen molar-refractivity contribution in [2.75, 3.05) is 6.54 Å². The molecule has 1 aromatic carbocycles. The van der Waals surface area contributed by atoms with Gasteiger partial charge in [-0.15, -0.1) is 0 Å². The molecular weight excluding hydrogens is 236 g/mol. The van der Waals surface area contributed by atoms with E-state index in [1.165, 1.54) is 0 Å². The molecular formula is C13H17ClN2O. The Morgan fingerprint density at radius 3 is 2.88 bits per heavy atom. The molecule has 92 valence electrons. The van der Waals surface area contributed by atoms with Crippen molar-refractivity contribution in [3.63, 3.8) is 0 Å². The molecule has 1 aromatic rings. The fraction of sp³-hybridized carbons (Fsp3) is 0.462. The number of aryl methyl sites for hydroxylation is 1. The molecule has 0 saturated heterocycles. The molecule has 17 heavy (non-hydrogen) atoms. The molecule has 0 radical (unpaired) electrons. The van der Waals surface area contributed by atoms with Crippen molar-refractivity contribution in [2.45, 2.75) is 25.8 Å². The summed E-state index contributed by atoms with van der Waals surface area (Å²) >= 11 is 6.12. The number of carbonyl (C=O) groups is 1. The largest absolute Gasteiger partial charge is 0.348 e. The Balaban J connectivity index is 2.11. The van der Waals surface area contributed by atoms with Gasteiger partial charge in [0.2, 0.25) is 0 Å². The van der Waals surface area contributed by atoms with Gasteiger partial charge >= 0.3 is 0 Å². The van der Waals surface area contributed by atoms with Crippen LogP contribution >= 0.6 is 11.6 Å². The average molecular weight is 253 g/mol. The molecule has 2 rings (SSSR count). The summed E-state index contributed by atoms with van der Waals surface area (Å²) in [5.41, 5.74) is 7.11. The summed E-state index contributed by atoms with van der Waals surface area (Å²) < 4.78 is 0. The number of benzene rings is 1. The van der Waals surface area contributed by atoms with Crippen LogP contribution in [0.2, 0.25) is 5.02 Å². The molecule has 0 bridgehead atoms. The molecule has 1 fully saturated rings. The van der Waals surface area contributed by atoms with E-state index in [2.05, 4.69) is 5.32 Å². The van der Waals surface area contributed by atoms with Crippen LogP contribution in [-0.4, -0.2) is 18.5 Å². The first-order chi connectivity index (χ1) is 8.13. The lowest BCUT2D eigenvalue weighted by Gasteiger charge is -2.16. The van der Waals surface area contributed by atoms with Gasteiger partial charge in [-0.2, -0.15) is 0 Å². The maximum Gasteiger partial charge on any atom is 0.253 e. The normalized spacial score (nSPS) is 16.6. The molecule has 1 atom stereocenters. The van der Waals surface area contributed by atoms with Crippen molar-refractivity contribution in [2.24, 2.45) is 11.7 Å². The zero-order valence-corrected chi connectivity index (χ0v) is 10.6. The minimum atomic E-state index is -0.124. The number of hydrogen-bond donors (Lipinski definition) is 2. The summed E-state index contributed by atoms with van der Waals surface area (Å²) in [5, 5.41) is 3.49. The third-order valence-electron chi connectivity index (χ3n) is 3.20. The second kappa shape index (κ2) is 5.07. The van der Waals surface area contributed by atoms with E-state index in [9.17, 15) is 4.79 Å². The lowest BCUT2D eigenvalue weighted by Crippen LogP contribution is -2.41. The van der Waals surface area contributed by atoms with Crippen molar-refractivity contribution in [3.05, 3.63) is 34.3 Å². The third kappa shape index (κ3) is 2.79. The van der Waals surface area contributed by atoms with Crippen molar-refractivity contribution >= 4 is 17.5 Å². The van der Waals surface area contributed by atoms with Crippen molar-refractivity contribution < 1.29 is 4.79 Å². The molecule has 1 aliphatic carbocycles. The summed E-state index contributed by atoms with van der Waals surface area (Å²) in [7, 11) is 0. The Kier molecular flexibility index (Phi) is 3.69. The summed E-state index contributed by atoms with van der Waals surface area (Å²) in [6.45, 7) is 2.38. The van der Waals surface area contributed by atoms with Gasteiger partial charge < -0.3 is 11.1 Å². The number of carbonyl (C=O) groups excluding carboxylic acids is 1. The van der Waals surface area contributed by atoms with Crippen LogP contribution in [0.4, 0.5) is 0 Å². The van der Waals surface area contributed by atoms with Gasteiger partial charge in [0.25, 0.3) is 5.91 Å². The highest BCUT2D eigenvalue weighted by molar-refractivity contribution is 6.34. The predicted octanol–water partition coefficient (Wildman–Crippen LogP) is 2.12. The number of nitrogens with one attached hydrogen (secondary N) is 1. The van der Waals surface area contributed by atoms with E-state index < -0.39 is 0 Å². The van der Waals surface area contributed by atoms with E-state index in [0.29, 0.717) is 23.0 Å². The Morgan fingerprint density at radius 1 is 1.59 bits per heavy atom. The van der Waals surface area contributed by atoms with Gasteiger partial charge in [0.15, 0.2) is 0 Å². The molecule has 3 nitrogen and oxygen atoms in total. The van der Waals surface area contributed by atoms with Crippen LogP contribution in [0.25, 0.3) is 0 Å². The number of hydrogen-bond acceptors (Lipinski definition) is 2. The summed E-state index contributed by atoms with van der Waals surface area (Å²) in [6.07, 6.45) is 2.31. The number of nitrogens with two attached hydrogens (primary N) is 1. The van der Waals surface area contributed by atoms with Crippen molar-refractivity contribution in [1.29, 1.82) is 0 Å². The van der Waals surface area contributed by atoms with Crippen molar-refractivity contribution in [3.8, 4) is 0 Å². The Hall–Kier alpha value is -1.06. The molecule has 0 aliphatic heterocycles. The first-order valence-corrected chi connectivity index (χ1v) is 6.27. The smallest absolute Gasteiger partial charge is 0.253 e. The van der Waals surface area contributed by atoms with Crippen LogP contribution < -0.4 is 11.1 Å². The van der Waals surface area contributed by atoms with E-state index in [1.807, 2.05) is 19.1 Å². The van der Waals surface area contributed by atoms with Crippen LogP contribution in [0.15, 0.2) is 18.2 Å². The minimum absolute atomic E-state index is 0.0825. The maximum atomic E-state index is 12.1. The monoisotopic (exact) mass is 252 g/mol. The average Bonchev–Trinajstić information content (AvgIpc) is 3.13. The van der Waals surface area contributed by atoms with Crippen LogP contribution in [0.5, 0.6) is 0 Å². The number of halogens is 1. The predicted molar refractivity (Wildman–Crippen MR) is 69.2 cm³/mol. The Bertz CT molecular complexity index is 429. The molecule has 1 saturated carbocycles. The molecule has 4 heteroatoms. The summed E-state index contributed by atoms with van der Waals surface area (Å²) in [5.74, 6) is 0.425. The van der Waals surface area contributed by atoms with E-state index in [-0.39, 0.29) is 11.9 Å². The molecule has 1 amide bonds. The summed E-state index contributed by atoms with van der Waals surface area (Å²) in [4.78, 5) is 12.1. The first kappa shape index (κ1) is 12.4. The van der Waals surface area contributed by atoms with E-state index >= 15 is 0 Å². The number of amides is 1. The van der Waals surface area contributed by atoms with Gasteiger partial charge in [-0.1, -0.05) is 23.7 Å². The fourth-order valence-corrected chi connectivity index (χ4v) is 2.15. The third-order valence-corrected chi connectivity index (χ3v) is 3.70. The zero-order chi connectivity index (χ0) is 12.4.